The Morgan fingerprint density at radius 3 is 2.70 bits per heavy atom. The average molecular weight is 277 g/mol. The Hall–Kier alpha value is -1.06. The van der Waals surface area contributed by atoms with Gasteiger partial charge >= 0.3 is 0 Å². The van der Waals surface area contributed by atoms with Gasteiger partial charge in [0.1, 0.15) is 5.75 Å². The van der Waals surface area contributed by atoms with Gasteiger partial charge in [0, 0.05) is 19.1 Å². The number of hydrogen-bond acceptors (Lipinski definition) is 3. The lowest BCUT2D eigenvalue weighted by Crippen LogP contribution is -2.19. The SMILES string of the molecule is CCNC(CC)c1ccc(OCCC2CCCO2)cc1. The first kappa shape index (κ1) is 15.3. The molecule has 1 fully saturated rings. The highest BCUT2D eigenvalue weighted by Gasteiger charge is 2.15. The van der Waals surface area contributed by atoms with Gasteiger partial charge in [0.25, 0.3) is 0 Å². The Balaban J connectivity index is 1.78. The summed E-state index contributed by atoms with van der Waals surface area (Å²) in [5.41, 5.74) is 1.33. The maximum Gasteiger partial charge on any atom is 0.119 e. The van der Waals surface area contributed by atoms with E-state index in [0.29, 0.717) is 12.1 Å². The Morgan fingerprint density at radius 1 is 1.30 bits per heavy atom. The summed E-state index contributed by atoms with van der Waals surface area (Å²) in [6.45, 7) is 7.01. The molecule has 1 N–H and O–H groups in total. The minimum Gasteiger partial charge on any atom is -0.493 e. The van der Waals surface area contributed by atoms with Crippen LogP contribution in [0.2, 0.25) is 0 Å². The number of benzene rings is 1. The summed E-state index contributed by atoms with van der Waals surface area (Å²) >= 11 is 0. The highest BCUT2D eigenvalue weighted by Crippen LogP contribution is 2.21. The van der Waals surface area contributed by atoms with E-state index in [1.165, 1.54) is 18.4 Å². The van der Waals surface area contributed by atoms with Crippen molar-refractivity contribution in [1.82, 2.24) is 5.32 Å². The van der Waals surface area contributed by atoms with Crippen molar-refractivity contribution < 1.29 is 9.47 Å². The van der Waals surface area contributed by atoms with E-state index in [4.69, 9.17) is 9.47 Å². The van der Waals surface area contributed by atoms with Crippen molar-refractivity contribution in [3.8, 4) is 5.75 Å². The predicted octanol–water partition coefficient (Wildman–Crippen LogP) is 3.70. The molecule has 1 aromatic carbocycles. The maximum absolute atomic E-state index is 5.80. The second-order valence-corrected chi connectivity index (χ2v) is 5.36. The lowest BCUT2D eigenvalue weighted by Gasteiger charge is -2.17. The number of ether oxygens (including phenoxy) is 2. The zero-order valence-electron chi connectivity index (χ0n) is 12.7. The third kappa shape index (κ3) is 4.50. The summed E-state index contributed by atoms with van der Waals surface area (Å²) in [6, 6.07) is 8.92. The molecule has 0 aliphatic carbocycles. The number of hydrogen-bond donors (Lipinski definition) is 1. The van der Waals surface area contributed by atoms with Crippen molar-refractivity contribution in [3.63, 3.8) is 0 Å². The Bertz CT molecular complexity index is 371. The second kappa shape index (κ2) is 8.28. The van der Waals surface area contributed by atoms with E-state index >= 15 is 0 Å². The van der Waals surface area contributed by atoms with Gasteiger partial charge in [-0.05, 0) is 43.5 Å². The molecule has 1 heterocycles. The molecule has 0 aromatic heterocycles. The molecule has 112 valence electrons. The fourth-order valence-electron chi connectivity index (χ4n) is 2.72. The number of nitrogens with one attached hydrogen (secondary N) is 1. The Morgan fingerprint density at radius 2 is 2.10 bits per heavy atom. The summed E-state index contributed by atoms with van der Waals surface area (Å²) in [7, 11) is 0. The van der Waals surface area contributed by atoms with Gasteiger partial charge in [-0.2, -0.15) is 0 Å². The van der Waals surface area contributed by atoms with E-state index in [9.17, 15) is 0 Å². The smallest absolute Gasteiger partial charge is 0.119 e. The highest BCUT2D eigenvalue weighted by molar-refractivity contribution is 5.29. The Labute approximate surface area is 122 Å². The normalized spacial score (nSPS) is 20.0. The van der Waals surface area contributed by atoms with Gasteiger partial charge in [-0.1, -0.05) is 26.0 Å². The Kier molecular flexibility index (Phi) is 6.34. The molecule has 2 unspecified atom stereocenters. The molecular weight excluding hydrogens is 250 g/mol. The molecular formula is C17H27NO2. The number of rotatable bonds is 8. The third-order valence-electron chi connectivity index (χ3n) is 3.87. The van der Waals surface area contributed by atoms with E-state index < -0.39 is 0 Å². The summed E-state index contributed by atoms with van der Waals surface area (Å²) in [5.74, 6) is 0.957. The van der Waals surface area contributed by atoms with E-state index in [2.05, 4.69) is 43.4 Å². The molecule has 3 heteroatoms. The van der Waals surface area contributed by atoms with Crippen LogP contribution in [-0.2, 0) is 4.74 Å². The van der Waals surface area contributed by atoms with Crippen molar-refractivity contribution in [2.24, 2.45) is 0 Å². The fraction of sp³-hybridized carbons (Fsp3) is 0.647. The summed E-state index contributed by atoms with van der Waals surface area (Å²) < 4.78 is 11.4. The quantitative estimate of drug-likeness (QED) is 0.786. The van der Waals surface area contributed by atoms with Crippen molar-refractivity contribution in [3.05, 3.63) is 29.8 Å². The van der Waals surface area contributed by atoms with E-state index in [0.717, 1.165) is 38.3 Å². The van der Waals surface area contributed by atoms with Gasteiger partial charge in [0.15, 0.2) is 0 Å². The molecule has 1 saturated heterocycles. The van der Waals surface area contributed by atoms with Crippen LogP contribution in [0.5, 0.6) is 5.75 Å². The van der Waals surface area contributed by atoms with Crippen molar-refractivity contribution in [2.45, 2.75) is 51.7 Å². The third-order valence-corrected chi connectivity index (χ3v) is 3.87. The van der Waals surface area contributed by atoms with Crippen LogP contribution < -0.4 is 10.1 Å². The fourth-order valence-corrected chi connectivity index (χ4v) is 2.72. The highest BCUT2D eigenvalue weighted by atomic mass is 16.5. The van der Waals surface area contributed by atoms with Gasteiger partial charge in [-0.25, -0.2) is 0 Å². The van der Waals surface area contributed by atoms with Crippen LogP contribution in [0.25, 0.3) is 0 Å². The molecule has 2 rings (SSSR count). The molecule has 2 atom stereocenters. The van der Waals surface area contributed by atoms with Gasteiger partial charge in [0.2, 0.25) is 0 Å². The first-order valence-electron chi connectivity index (χ1n) is 7.91. The summed E-state index contributed by atoms with van der Waals surface area (Å²) in [6.07, 6.45) is 4.89. The largest absolute Gasteiger partial charge is 0.493 e. The van der Waals surface area contributed by atoms with Crippen molar-refractivity contribution >= 4 is 0 Å². The molecule has 20 heavy (non-hydrogen) atoms. The predicted molar refractivity (Wildman–Crippen MR) is 82.2 cm³/mol. The average Bonchev–Trinajstić information content (AvgIpc) is 2.99. The molecule has 0 bridgehead atoms. The van der Waals surface area contributed by atoms with Crippen LogP contribution in [0.1, 0.15) is 51.1 Å². The first-order chi connectivity index (χ1) is 9.83. The topological polar surface area (TPSA) is 30.5 Å². The van der Waals surface area contributed by atoms with Gasteiger partial charge in [0.05, 0.1) is 12.7 Å². The monoisotopic (exact) mass is 277 g/mol. The molecule has 0 spiro atoms. The summed E-state index contributed by atoms with van der Waals surface area (Å²) in [5, 5.41) is 3.49. The van der Waals surface area contributed by atoms with E-state index in [-0.39, 0.29) is 0 Å². The zero-order valence-corrected chi connectivity index (χ0v) is 12.7. The molecule has 0 amide bonds. The van der Waals surface area contributed by atoms with Crippen LogP contribution in [-0.4, -0.2) is 25.9 Å². The van der Waals surface area contributed by atoms with Crippen LogP contribution in [0.15, 0.2) is 24.3 Å². The lowest BCUT2D eigenvalue weighted by molar-refractivity contribution is 0.0903. The molecule has 3 nitrogen and oxygen atoms in total. The van der Waals surface area contributed by atoms with Crippen LogP contribution in [0.3, 0.4) is 0 Å². The standard InChI is InChI=1S/C17H27NO2/c1-3-17(18-4-2)14-7-9-16(10-8-14)20-13-11-15-6-5-12-19-15/h7-10,15,17-18H,3-6,11-13H2,1-2H3. The molecule has 0 radical (unpaired) electrons. The molecule has 1 aromatic rings. The van der Waals surface area contributed by atoms with E-state index in [1.54, 1.807) is 0 Å². The van der Waals surface area contributed by atoms with Crippen LogP contribution in [0.4, 0.5) is 0 Å². The van der Waals surface area contributed by atoms with E-state index in [1.807, 2.05) is 0 Å². The van der Waals surface area contributed by atoms with Gasteiger partial charge in [-0.3, -0.25) is 0 Å². The molecule has 1 aliphatic rings. The molecule has 1 aliphatic heterocycles. The van der Waals surface area contributed by atoms with Crippen molar-refractivity contribution in [1.29, 1.82) is 0 Å². The summed E-state index contributed by atoms with van der Waals surface area (Å²) in [4.78, 5) is 0. The van der Waals surface area contributed by atoms with Gasteiger partial charge in [-0.15, -0.1) is 0 Å². The van der Waals surface area contributed by atoms with Crippen molar-refractivity contribution in [2.75, 3.05) is 19.8 Å². The zero-order chi connectivity index (χ0) is 14.2. The van der Waals surface area contributed by atoms with Crippen LogP contribution >= 0.6 is 0 Å². The lowest BCUT2D eigenvalue weighted by atomic mass is 10.0. The minimum absolute atomic E-state index is 0.410. The van der Waals surface area contributed by atoms with Crippen LogP contribution in [0, 0.1) is 0 Å². The molecule has 0 saturated carbocycles. The maximum atomic E-state index is 5.80. The minimum atomic E-state index is 0.410. The first-order valence-corrected chi connectivity index (χ1v) is 7.91. The van der Waals surface area contributed by atoms with Gasteiger partial charge < -0.3 is 14.8 Å². The second-order valence-electron chi connectivity index (χ2n) is 5.36.